The lowest BCUT2D eigenvalue weighted by Gasteiger charge is -2.03. The van der Waals surface area contributed by atoms with Crippen LogP contribution in [0.3, 0.4) is 0 Å². The molecule has 0 aliphatic carbocycles. The maximum atomic E-state index is 11.4. The fourth-order valence-corrected chi connectivity index (χ4v) is 1.39. The van der Waals surface area contributed by atoms with E-state index in [1.807, 2.05) is 0 Å². The van der Waals surface area contributed by atoms with E-state index in [9.17, 15) is 4.79 Å². The highest BCUT2D eigenvalue weighted by atomic mass is 16.5. The molecule has 0 saturated heterocycles. The monoisotopic (exact) mass is 190 g/mol. The minimum absolute atomic E-state index is 0.159. The highest BCUT2D eigenvalue weighted by Gasteiger charge is 2.02. The smallest absolute Gasteiger partial charge is 0.256 e. The third-order valence-corrected chi connectivity index (χ3v) is 2.14. The van der Waals surface area contributed by atoms with Crippen molar-refractivity contribution in [3.63, 3.8) is 0 Å². The molecule has 0 bridgehead atoms. The van der Waals surface area contributed by atoms with E-state index in [-0.39, 0.29) is 5.56 Å². The third-order valence-electron chi connectivity index (χ3n) is 2.14. The third kappa shape index (κ3) is 1.21. The normalized spacial score (nSPS) is 10.4. The highest BCUT2D eigenvalue weighted by Crippen LogP contribution is 2.21. The largest absolute Gasteiger partial charge is 0.497 e. The Kier molecular flexibility index (Phi) is 1.89. The van der Waals surface area contributed by atoms with Crippen LogP contribution in [0.5, 0.6) is 5.75 Å². The first-order valence-corrected chi connectivity index (χ1v) is 4.17. The molecule has 0 aliphatic rings. The van der Waals surface area contributed by atoms with Gasteiger partial charge in [-0.05, 0) is 18.2 Å². The number of aromatic amines is 1. The van der Waals surface area contributed by atoms with Crippen LogP contribution >= 0.6 is 0 Å². The van der Waals surface area contributed by atoms with Crippen LogP contribution < -0.4 is 16.0 Å². The molecule has 0 radical (unpaired) electrons. The lowest BCUT2D eigenvalue weighted by atomic mass is 10.1. The van der Waals surface area contributed by atoms with Crippen LogP contribution in [0.25, 0.3) is 10.8 Å². The van der Waals surface area contributed by atoms with E-state index in [4.69, 9.17) is 10.5 Å². The summed E-state index contributed by atoms with van der Waals surface area (Å²) in [6.45, 7) is 0. The number of rotatable bonds is 1. The number of pyridine rings is 1. The van der Waals surface area contributed by atoms with Crippen molar-refractivity contribution in [2.24, 2.45) is 0 Å². The summed E-state index contributed by atoms with van der Waals surface area (Å²) < 4.78 is 5.02. The summed E-state index contributed by atoms with van der Waals surface area (Å²) >= 11 is 0. The molecule has 0 saturated carbocycles. The number of fused-ring (bicyclic) bond motifs is 1. The van der Waals surface area contributed by atoms with Gasteiger partial charge in [0.15, 0.2) is 0 Å². The summed E-state index contributed by atoms with van der Waals surface area (Å²) in [4.78, 5) is 14.0. The quantitative estimate of drug-likeness (QED) is 0.708. The molecule has 0 fully saturated rings. The van der Waals surface area contributed by atoms with E-state index < -0.39 is 0 Å². The zero-order valence-electron chi connectivity index (χ0n) is 7.70. The second-order valence-electron chi connectivity index (χ2n) is 2.98. The molecule has 4 heteroatoms. The molecule has 1 aromatic heterocycles. The lowest BCUT2D eigenvalue weighted by molar-refractivity contribution is 0.415. The van der Waals surface area contributed by atoms with E-state index in [0.29, 0.717) is 16.8 Å². The number of H-pyrrole nitrogens is 1. The summed E-state index contributed by atoms with van der Waals surface area (Å²) in [5.41, 5.74) is 6.10. The Balaban J connectivity index is 2.87. The van der Waals surface area contributed by atoms with Crippen molar-refractivity contribution in [2.45, 2.75) is 0 Å². The van der Waals surface area contributed by atoms with Gasteiger partial charge in [0, 0.05) is 11.6 Å². The molecular weight excluding hydrogens is 180 g/mol. The number of ether oxygens (including phenoxy) is 1. The van der Waals surface area contributed by atoms with Gasteiger partial charge < -0.3 is 15.5 Å². The molecule has 1 heterocycles. The van der Waals surface area contributed by atoms with Crippen LogP contribution in [-0.4, -0.2) is 12.1 Å². The van der Waals surface area contributed by atoms with Gasteiger partial charge in [0.05, 0.1) is 18.2 Å². The molecule has 14 heavy (non-hydrogen) atoms. The zero-order valence-corrected chi connectivity index (χ0v) is 7.70. The van der Waals surface area contributed by atoms with Gasteiger partial charge in [-0.25, -0.2) is 0 Å². The molecule has 1 aromatic carbocycles. The van der Waals surface area contributed by atoms with Gasteiger partial charge >= 0.3 is 0 Å². The van der Waals surface area contributed by atoms with Crippen LogP contribution in [-0.2, 0) is 0 Å². The van der Waals surface area contributed by atoms with Crippen molar-refractivity contribution in [3.8, 4) is 5.75 Å². The van der Waals surface area contributed by atoms with Gasteiger partial charge in [0.2, 0.25) is 0 Å². The molecule has 72 valence electrons. The number of methoxy groups -OCH3 is 1. The number of anilines is 1. The zero-order chi connectivity index (χ0) is 10.1. The van der Waals surface area contributed by atoms with E-state index in [1.165, 1.54) is 6.20 Å². The Bertz CT molecular complexity index is 531. The Labute approximate surface area is 80.3 Å². The molecule has 0 amide bonds. The Morgan fingerprint density at radius 1 is 1.36 bits per heavy atom. The van der Waals surface area contributed by atoms with Crippen molar-refractivity contribution in [3.05, 3.63) is 34.7 Å². The first-order chi connectivity index (χ1) is 6.72. The van der Waals surface area contributed by atoms with Crippen LogP contribution in [0.2, 0.25) is 0 Å². The molecular formula is C10H10N2O2. The van der Waals surface area contributed by atoms with Gasteiger partial charge in [-0.2, -0.15) is 0 Å². The fourth-order valence-electron chi connectivity index (χ4n) is 1.39. The molecule has 3 N–H and O–H groups in total. The number of nitrogens with one attached hydrogen (secondary N) is 1. The van der Waals surface area contributed by atoms with Crippen molar-refractivity contribution in [1.29, 1.82) is 0 Å². The van der Waals surface area contributed by atoms with Gasteiger partial charge in [0.25, 0.3) is 5.56 Å². The van der Waals surface area contributed by atoms with Crippen molar-refractivity contribution in [1.82, 2.24) is 4.98 Å². The molecule has 0 spiro atoms. The summed E-state index contributed by atoms with van der Waals surface area (Å²) in [5.74, 6) is 0.647. The van der Waals surface area contributed by atoms with E-state index in [1.54, 1.807) is 25.3 Å². The first-order valence-electron chi connectivity index (χ1n) is 4.17. The second-order valence-corrected chi connectivity index (χ2v) is 2.98. The van der Waals surface area contributed by atoms with Crippen LogP contribution in [0.15, 0.2) is 29.2 Å². The maximum Gasteiger partial charge on any atom is 0.256 e. The predicted molar refractivity (Wildman–Crippen MR) is 55.5 cm³/mol. The Morgan fingerprint density at radius 3 is 2.86 bits per heavy atom. The van der Waals surface area contributed by atoms with Gasteiger partial charge in [-0.3, -0.25) is 4.79 Å². The van der Waals surface area contributed by atoms with Crippen LogP contribution in [0, 0.1) is 0 Å². The number of benzene rings is 1. The van der Waals surface area contributed by atoms with Crippen molar-refractivity contribution >= 4 is 16.5 Å². The molecule has 0 atom stereocenters. The van der Waals surface area contributed by atoms with Gasteiger partial charge in [-0.1, -0.05) is 0 Å². The minimum Gasteiger partial charge on any atom is -0.497 e. The summed E-state index contributed by atoms with van der Waals surface area (Å²) in [6, 6.07) is 5.22. The standard InChI is InChI=1S/C10H10N2O2/c1-14-6-2-3-7-8(4-6)10(13)12-5-9(7)11/h2-5H,11H2,1H3,(H,12,13). The van der Waals surface area contributed by atoms with E-state index in [0.717, 1.165) is 5.39 Å². The van der Waals surface area contributed by atoms with Gasteiger partial charge in [-0.15, -0.1) is 0 Å². The summed E-state index contributed by atoms with van der Waals surface area (Å²) in [6.07, 6.45) is 1.50. The summed E-state index contributed by atoms with van der Waals surface area (Å²) in [7, 11) is 1.56. The minimum atomic E-state index is -0.159. The fraction of sp³-hybridized carbons (Fsp3) is 0.100. The van der Waals surface area contributed by atoms with Crippen molar-refractivity contribution in [2.75, 3.05) is 12.8 Å². The number of aromatic nitrogens is 1. The molecule has 2 aromatic rings. The summed E-state index contributed by atoms with van der Waals surface area (Å²) in [5, 5.41) is 1.29. The first kappa shape index (κ1) is 8.62. The van der Waals surface area contributed by atoms with Crippen LogP contribution in [0.4, 0.5) is 5.69 Å². The number of nitrogens with two attached hydrogens (primary N) is 1. The number of hydrogen-bond donors (Lipinski definition) is 2. The SMILES string of the molecule is COc1ccc2c(N)c[nH]c(=O)c2c1. The van der Waals surface area contributed by atoms with Crippen LogP contribution in [0.1, 0.15) is 0 Å². The number of hydrogen-bond acceptors (Lipinski definition) is 3. The van der Waals surface area contributed by atoms with E-state index >= 15 is 0 Å². The predicted octanol–water partition coefficient (Wildman–Crippen LogP) is 1.12. The molecule has 2 rings (SSSR count). The number of nitrogen functional groups attached to an aromatic ring is 1. The highest BCUT2D eigenvalue weighted by molar-refractivity contribution is 5.92. The Hall–Kier alpha value is -1.97. The maximum absolute atomic E-state index is 11.4. The van der Waals surface area contributed by atoms with E-state index in [2.05, 4.69) is 4.98 Å². The topological polar surface area (TPSA) is 68.1 Å². The molecule has 0 unspecified atom stereocenters. The lowest BCUT2D eigenvalue weighted by Crippen LogP contribution is -2.07. The average Bonchev–Trinajstić information content (AvgIpc) is 2.23. The van der Waals surface area contributed by atoms with Gasteiger partial charge in [0.1, 0.15) is 5.75 Å². The molecule has 4 nitrogen and oxygen atoms in total. The Morgan fingerprint density at radius 2 is 2.14 bits per heavy atom. The van der Waals surface area contributed by atoms with Crippen molar-refractivity contribution < 1.29 is 4.74 Å². The second kappa shape index (κ2) is 3.06. The molecule has 0 aliphatic heterocycles. The average molecular weight is 190 g/mol.